The van der Waals surface area contributed by atoms with Crippen molar-refractivity contribution in [2.75, 3.05) is 5.32 Å². The Hall–Kier alpha value is -3.54. The average Bonchev–Trinajstić information content (AvgIpc) is 2.69. The monoisotopic (exact) mass is 349 g/mol. The normalized spacial score (nSPS) is 10.2. The van der Waals surface area contributed by atoms with Crippen LogP contribution in [0.4, 0.5) is 10.1 Å². The van der Waals surface area contributed by atoms with Crippen LogP contribution in [0.25, 0.3) is 0 Å². The molecule has 1 aromatic heterocycles. The molecule has 2 N–H and O–H groups in total. The van der Waals surface area contributed by atoms with Crippen LogP contribution in [-0.4, -0.2) is 16.8 Å². The number of pyridine rings is 1. The quantitative estimate of drug-likeness (QED) is 0.742. The van der Waals surface area contributed by atoms with Gasteiger partial charge in [0.15, 0.2) is 0 Å². The van der Waals surface area contributed by atoms with Gasteiger partial charge in [-0.05, 0) is 54.1 Å². The molecule has 2 amide bonds. The summed E-state index contributed by atoms with van der Waals surface area (Å²) in [6.07, 6.45) is 3.31. The zero-order chi connectivity index (χ0) is 18.4. The van der Waals surface area contributed by atoms with Crippen molar-refractivity contribution in [2.24, 2.45) is 0 Å². The number of anilines is 1. The second-order valence-corrected chi connectivity index (χ2v) is 5.55. The standard InChI is InChI=1S/C20H16FN3O2/c21-17-3-1-2-4-18(17)24-20(26)16-7-5-15(6-8-16)19(25)23-13-14-9-11-22-12-10-14/h1-12H,13H2,(H,23,25)(H,24,26). The average molecular weight is 349 g/mol. The second kappa shape index (κ2) is 8.02. The Kier molecular flexibility index (Phi) is 5.34. The fourth-order valence-electron chi connectivity index (χ4n) is 2.32. The van der Waals surface area contributed by atoms with Crippen LogP contribution in [0.3, 0.4) is 0 Å². The molecular weight excluding hydrogens is 333 g/mol. The Morgan fingerprint density at radius 3 is 2.12 bits per heavy atom. The number of hydrogen-bond acceptors (Lipinski definition) is 3. The van der Waals surface area contributed by atoms with Crippen LogP contribution in [0.2, 0.25) is 0 Å². The molecule has 6 heteroatoms. The zero-order valence-electron chi connectivity index (χ0n) is 13.8. The number of hydrogen-bond donors (Lipinski definition) is 2. The Balaban J connectivity index is 1.61. The third kappa shape index (κ3) is 4.30. The molecule has 3 rings (SSSR count). The van der Waals surface area contributed by atoms with E-state index in [1.165, 1.54) is 24.3 Å². The van der Waals surface area contributed by atoms with Crippen LogP contribution in [0, 0.1) is 5.82 Å². The Labute approximate surface area is 149 Å². The number of amides is 2. The fourth-order valence-corrected chi connectivity index (χ4v) is 2.32. The lowest BCUT2D eigenvalue weighted by Crippen LogP contribution is -2.23. The molecule has 0 aliphatic heterocycles. The molecule has 0 saturated carbocycles. The van der Waals surface area contributed by atoms with Gasteiger partial charge in [-0.1, -0.05) is 12.1 Å². The Bertz CT molecular complexity index is 912. The molecule has 0 spiro atoms. The van der Waals surface area contributed by atoms with Crippen molar-refractivity contribution in [1.29, 1.82) is 0 Å². The smallest absolute Gasteiger partial charge is 0.255 e. The summed E-state index contributed by atoms with van der Waals surface area (Å²) in [4.78, 5) is 28.3. The van der Waals surface area contributed by atoms with E-state index in [9.17, 15) is 14.0 Å². The number of nitrogens with zero attached hydrogens (tertiary/aromatic N) is 1. The summed E-state index contributed by atoms with van der Waals surface area (Å²) in [5.74, 6) is -1.20. The van der Waals surface area contributed by atoms with Gasteiger partial charge in [0, 0.05) is 30.1 Å². The summed E-state index contributed by atoms with van der Waals surface area (Å²) in [6, 6.07) is 15.7. The minimum Gasteiger partial charge on any atom is -0.348 e. The lowest BCUT2D eigenvalue weighted by Gasteiger charge is -2.08. The van der Waals surface area contributed by atoms with Gasteiger partial charge in [-0.15, -0.1) is 0 Å². The molecule has 0 aliphatic rings. The first-order valence-corrected chi connectivity index (χ1v) is 7.96. The van der Waals surface area contributed by atoms with Crippen LogP contribution in [0.15, 0.2) is 73.1 Å². The minimum absolute atomic E-state index is 0.108. The van der Waals surface area contributed by atoms with Gasteiger partial charge < -0.3 is 10.6 Å². The number of rotatable bonds is 5. The van der Waals surface area contributed by atoms with Crippen molar-refractivity contribution in [1.82, 2.24) is 10.3 Å². The van der Waals surface area contributed by atoms with E-state index in [0.717, 1.165) is 5.56 Å². The first-order valence-electron chi connectivity index (χ1n) is 7.96. The zero-order valence-corrected chi connectivity index (χ0v) is 13.8. The van der Waals surface area contributed by atoms with E-state index in [1.807, 2.05) is 12.1 Å². The van der Waals surface area contributed by atoms with E-state index in [4.69, 9.17) is 0 Å². The van der Waals surface area contributed by atoms with Crippen LogP contribution in [0.1, 0.15) is 26.3 Å². The highest BCUT2D eigenvalue weighted by Crippen LogP contribution is 2.14. The summed E-state index contributed by atoms with van der Waals surface area (Å²) in [6.45, 7) is 0.386. The van der Waals surface area contributed by atoms with Crippen LogP contribution in [0.5, 0.6) is 0 Å². The molecule has 5 nitrogen and oxygen atoms in total. The fraction of sp³-hybridized carbons (Fsp3) is 0.0500. The van der Waals surface area contributed by atoms with Gasteiger partial charge in [0.1, 0.15) is 5.82 Å². The lowest BCUT2D eigenvalue weighted by molar-refractivity contribution is 0.0949. The van der Waals surface area contributed by atoms with Gasteiger partial charge >= 0.3 is 0 Å². The van der Waals surface area contributed by atoms with Gasteiger partial charge in [0.2, 0.25) is 0 Å². The van der Waals surface area contributed by atoms with Gasteiger partial charge in [0.25, 0.3) is 11.8 Å². The molecule has 26 heavy (non-hydrogen) atoms. The molecule has 130 valence electrons. The van der Waals surface area contributed by atoms with Crippen molar-refractivity contribution in [3.05, 3.63) is 95.6 Å². The number of nitrogens with one attached hydrogen (secondary N) is 2. The van der Waals surface area contributed by atoms with Crippen molar-refractivity contribution in [3.63, 3.8) is 0 Å². The molecule has 0 atom stereocenters. The topological polar surface area (TPSA) is 71.1 Å². The first kappa shape index (κ1) is 17.3. The molecule has 0 saturated heterocycles. The van der Waals surface area contributed by atoms with E-state index < -0.39 is 11.7 Å². The minimum atomic E-state index is -0.507. The third-order valence-electron chi connectivity index (χ3n) is 3.73. The maximum Gasteiger partial charge on any atom is 0.255 e. The maximum atomic E-state index is 13.6. The Morgan fingerprint density at radius 1 is 0.846 bits per heavy atom. The molecule has 0 bridgehead atoms. The summed E-state index contributed by atoms with van der Waals surface area (Å²) >= 11 is 0. The van der Waals surface area contributed by atoms with Crippen molar-refractivity contribution in [3.8, 4) is 0 Å². The summed E-state index contributed by atoms with van der Waals surface area (Å²) < 4.78 is 13.6. The van der Waals surface area contributed by atoms with Crippen molar-refractivity contribution < 1.29 is 14.0 Å². The molecule has 2 aromatic carbocycles. The number of aromatic nitrogens is 1. The molecule has 0 radical (unpaired) electrons. The van der Waals surface area contributed by atoms with Gasteiger partial charge in [-0.2, -0.15) is 0 Å². The maximum absolute atomic E-state index is 13.6. The lowest BCUT2D eigenvalue weighted by atomic mass is 10.1. The predicted molar refractivity (Wildman–Crippen MR) is 96.2 cm³/mol. The van der Waals surface area contributed by atoms with Crippen LogP contribution in [-0.2, 0) is 6.54 Å². The van der Waals surface area contributed by atoms with Crippen LogP contribution >= 0.6 is 0 Å². The van der Waals surface area contributed by atoms with Crippen molar-refractivity contribution >= 4 is 17.5 Å². The highest BCUT2D eigenvalue weighted by Gasteiger charge is 2.11. The second-order valence-electron chi connectivity index (χ2n) is 5.55. The molecule has 0 aliphatic carbocycles. The highest BCUT2D eigenvalue weighted by atomic mass is 19.1. The third-order valence-corrected chi connectivity index (χ3v) is 3.73. The summed E-state index contributed by atoms with van der Waals surface area (Å²) in [5, 5.41) is 5.30. The number of benzene rings is 2. The Morgan fingerprint density at radius 2 is 1.46 bits per heavy atom. The highest BCUT2D eigenvalue weighted by molar-refractivity contribution is 6.05. The van der Waals surface area contributed by atoms with Gasteiger partial charge in [-0.3, -0.25) is 14.6 Å². The number of carbonyl (C=O) groups excluding carboxylic acids is 2. The predicted octanol–water partition coefficient (Wildman–Crippen LogP) is 3.40. The largest absolute Gasteiger partial charge is 0.348 e. The molecule has 3 aromatic rings. The summed E-state index contributed by atoms with van der Waals surface area (Å²) in [7, 11) is 0. The number of halogens is 1. The van der Waals surface area contributed by atoms with E-state index in [1.54, 1.807) is 36.7 Å². The number of carbonyl (C=O) groups is 2. The van der Waals surface area contributed by atoms with E-state index in [-0.39, 0.29) is 11.6 Å². The molecular formula is C20H16FN3O2. The molecule has 0 fully saturated rings. The van der Waals surface area contributed by atoms with Gasteiger partial charge in [0.05, 0.1) is 5.69 Å². The molecule has 1 heterocycles. The SMILES string of the molecule is O=C(NCc1ccncc1)c1ccc(C(=O)Nc2ccccc2F)cc1. The van der Waals surface area contributed by atoms with E-state index in [0.29, 0.717) is 17.7 Å². The van der Waals surface area contributed by atoms with Crippen LogP contribution < -0.4 is 10.6 Å². The van der Waals surface area contributed by atoms with E-state index >= 15 is 0 Å². The van der Waals surface area contributed by atoms with Crippen molar-refractivity contribution in [2.45, 2.75) is 6.54 Å². The first-order chi connectivity index (χ1) is 12.6. The number of para-hydroxylation sites is 1. The summed E-state index contributed by atoms with van der Waals surface area (Å²) in [5.41, 5.74) is 1.81. The van der Waals surface area contributed by atoms with Gasteiger partial charge in [-0.25, -0.2) is 4.39 Å². The molecule has 0 unspecified atom stereocenters. The van der Waals surface area contributed by atoms with E-state index in [2.05, 4.69) is 15.6 Å².